The van der Waals surface area contributed by atoms with Gasteiger partial charge < -0.3 is 37.0 Å². The van der Waals surface area contributed by atoms with Gasteiger partial charge in [0.05, 0.1) is 18.5 Å². The first-order chi connectivity index (χ1) is 18.7. The van der Waals surface area contributed by atoms with E-state index in [1.54, 1.807) is 0 Å². The molecule has 0 spiro atoms. The van der Waals surface area contributed by atoms with Crippen molar-refractivity contribution in [3.63, 3.8) is 0 Å². The van der Waals surface area contributed by atoms with E-state index in [2.05, 4.69) is 37.2 Å². The van der Waals surface area contributed by atoms with Crippen molar-refractivity contribution < 1.29 is 29.1 Å². The van der Waals surface area contributed by atoms with E-state index in [1.807, 2.05) is 27.7 Å². The highest BCUT2D eigenvalue weighted by molar-refractivity contribution is 5.98. The van der Waals surface area contributed by atoms with Gasteiger partial charge in [0, 0.05) is 13.0 Å². The molecular weight excluding hydrogens is 506 g/mol. The Kier molecular flexibility index (Phi) is 21.7. The number of likely N-dealkylation sites (N-methyl/N-ethyl adjacent to an activating group) is 2. The number of rotatable bonds is 24. The molecule has 0 saturated heterocycles. The molecule has 13 heteroatoms. The highest BCUT2D eigenvalue weighted by atomic mass is 16.4. The van der Waals surface area contributed by atoms with Gasteiger partial charge in [0.2, 0.25) is 23.6 Å². The first-order valence-corrected chi connectivity index (χ1v) is 14.2. The Labute approximate surface area is 232 Å². The molecule has 0 aromatic rings. The van der Waals surface area contributed by atoms with Crippen molar-refractivity contribution in [1.29, 1.82) is 0 Å². The van der Waals surface area contributed by atoms with Crippen LogP contribution in [0.1, 0.15) is 72.6 Å². The minimum absolute atomic E-state index is 0.0493. The molecule has 0 aliphatic carbocycles. The Hall–Kier alpha value is -2.61. The molecule has 0 radical (unpaired) electrons. The predicted octanol–water partition coefficient (Wildman–Crippen LogP) is -0.779. The van der Waals surface area contributed by atoms with Crippen LogP contribution in [0, 0.1) is 0 Å². The van der Waals surface area contributed by atoms with Crippen molar-refractivity contribution in [2.24, 2.45) is 0 Å². The van der Waals surface area contributed by atoms with E-state index in [0.717, 1.165) is 39.0 Å². The molecule has 0 fully saturated rings. The average Bonchev–Trinajstić information content (AvgIpc) is 2.89. The molecule has 0 rings (SSSR count). The number of carbonyl (C=O) groups is 5. The van der Waals surface area contributed by atoms with Crippen LogP contribution in [0.5, 0.6) is 0 Å². The van der Waals surface area contributed by atoms with E-state index in [4.69, 9.17) is 5.11 Å². The highest BCUT2D eigenvalue weighted by Gasteiger charge is 2.26. The lowest BCUT2D eigenvalue weighted by Gasteiger charge is -2.23. The fourth-order valence-electron chi connectivity index (χ4n) is 3.88. The molecule has 0 heterocycles. The van der Waals surface area contributed by atoms with Crippen molar-refractivity contribution >= 4 is 29.6 Å². The maximum Gasteiger partial charge on any atom is 0.305 e. The standard InChI is InChI=1S/C26H51N7O6/c1-5-27-16-9-11-19(29-7-3)25(38)32-21(24(37)31-18-15-23(35)36)13-14-22(34)33-26(39)20(30-8-4)12-10-17-28-6-2/h19-21,27-30H,5-18H2,1-4H3,(H,31,37)(H,32,38)(H,35,36)(H,33,34,39). The number of hydrogen-bond acceptors (Lipinski definition) is 9. The number of carboxylic acid groups (broad SMARTS) is 1. The second kappa shape index (κ2) is 23.3. The van der Waals surface area contributed by atoms with Crippen molar-refractivity contribution in [1.82, 2.24) is 37.2 Å². The first-order valence-electron chi connectivity index (χ1n) is 14.2. The van der Waals surface area contributed by atoms with E-state index >= 15 is 0 Å². The van der Waals surface area contributed by atoms with Crippen LogP contribution in [-0.4, -0.2) is 98.6 Å². The summed E-state index contributed by atoms with van der Waals surface area (Å²) in [5, 5.41) is 29.1. The third kappa shape index (κ3) is 18.3. The van der Waals surface area contributed by atoms with Crippen molar-refractivity contribution in [3.8, 4) is 0 Å². The minimum atomic E-state index is -1.07. The Morgan fingerprint density at radius 3 is 1.64 bits per heavy atom. The van der Waals surface area contributed by atoms with E-state index < -0.39 is 41.8 Å². The van der Waals surface area contributed by atoms with Gasteiger partial charge in [0.1, 0.15) is 6.04 Å². The fraction of sp³-hybridized carbons (Fsp3) is 0.808. The zero-order valence-corrected chi connectivity index (χ0v) is 24.1. The molecule has 3 atom stereocenters. The molecule has 3 unspecified atom stereocenters. The summed E-state index contributed by atoms with van der Waals surface area (Å²) >= 11 is 0. The zero-order valence-electron chi connectivity index (χ0n) is 24.1. The summed E-state index contributed by atoms with van der Waals surface area (Å²) in [5.74, 6) is -3.02. The molecular formula is C26H51N7O6. The van der Waals surface area contributed by atoms with Gasteiger partial charge in [0.15, 0.2) is 0 Å². The van der Waals surface area contributed by atoms with Gasteiger partial charge in [0.25, 0.3) is 0 Å². The van der Waals surface area contributed by atoms with E-state index in [-0.39, 0.29) is 31.7 Å². The molecule has 39 heavy (non-hydrogen) atoms. The van der Waals surface area contributed by atoms with Gasteiger partial charge in [-0.2, -0.15) is 0 Å². The van der Waals surface area contributed by atoms with Crippen molar-refractivity contribution in [2.45, 2.75) is 90.8 Å². The predicted molar refractivity (Wildman–Crippen MR) is 150 cm³/mol. The molecule has 0 bridgehead atoms. The van der Waals surface area contributed by atoms with Gasteiger partial charge in [-0.15, -0.1) is 0 Å². The number of amides is 4. The normalized spacial score (nSPS) is 13.2. The molecule has 0 aliphatic rings. The Morgan fingerprint density at radius 2 is 1.15 bits per heavy atom. The minimum Gasteiger partial charge on any atom is -0.481 e. The number of aliphatic carboxylic acids is 1. The topological polar surface area (TPSA) is 190 Å². The number of carboxylic acids is 1. The Morgan fingerprint density at radius 1 is 0.615 bits per heavy atom. The van der Waals surface area contributed by atoms with Gasteiger partial charge in [-0.25, -0.2) is 0 Å². The summed E-state index contributed by atoms with van der Waals surface area (Å²) in [6, 6.07) is -2.11. The number of imide groups is 1. The molecule has 0 aliphatic heterocycles. The number of carbonyl (C=O) groups excluding carboxylic acids is 4. The summed E-state index contributed by atoms with van der Waals surface area (Å²) in [5.41, 5.74) is 0. The highest BCUT2D eigenvalue weighted by Crippen LogP contribution is 2.04. The Balaban J connectivity index is 5.18. The third-order valence-corrected chi connectivity index (χ3v) is 5.92. The van der Waals surface area contributed by atoms with E-state index in [0.29, 0.717) is 25.9 Å². The number of hydrogen-bond donors (Lipinski definition) is 8. The maximum absolute atomic E-state index is 13.0. The number of nitrogens with one attached hydrogen (secondary N) is 7. The molecule has 13 nitrogen and oxygen atoms in total. The third-order valence-electron chi connectivity index (χ3n) is 5.92. The van der Waals surface area contributed by atoms with Gasteiger partial charge >= 0.3 is 5.97 Å². The summed E-state index contributed by atoms with van der Waals surface area (Å²) < 4.78 is 0. The van der Waals surface area contributed by atoms with Crippen LogP contribution in [0.15, 0.2) is 0 Å². The van der Waals surface area contributed by atoms with Crippen molar-refractivity contribution in [2.75, 3.05) is 45.8 Å². The summed E-state index contributed by atoms with van der Waals surface area (Å²) in [6.07, 6.45) is 2.13. The second-order valence-electron chi connectivity index (χ2n) is 9.16. The van der Waals surface area contributed by atoms with Crippen LogP contribution in [0.2, 0.25) is 0 Å². The van der Waals surface area contributed by atoms with Crippen LogP contribution >= 0.6 is 0 Å². The van der Waals surface area contributed by atoms with Crippen LogP contribution in [0.25, 0.3) is 0 Å². The second-order valence-corrected chi connectivity index (χ2v) is 9.16. The van der Waals surface area contributed by atoms with Crippen LogP contribution < -0.4 is 37.2 Å². The summed E-state index contributed by atoms with van der Waals surface area (Å²) in [6.45, 7) is 12.0. The smallest absolute Gasteiger partial charge is 0.305 e. The lowest BCUT2D eigenvalue weighted by molar-refractivity contribution is -0.137. The van der Waals surface area contributed by atoms with Gasteiger partial charge in [-0.1, -0.05) is 27.7 Å². The van der Waals surface area contributed by atoms with Gasteiger partial charge in [-0.05, 0) is 71.4 Å². The fourth-order valence-corrected chi connectivity index (χ4v) is 3.88. The molecule has 226 valence electrons. The molecule has 4 amide bonds. The SMILES string of the molecule is CCNCCCC(NCC)C(=O)NC(=O)CCC(NC(=O)C(CCCNCC)NCC)C(=O)NCCC(=O)O. The largest absolute Gasteiger partial charge is 0.481 e. The lowest BCUT2D eigenvalue weighted by Crippen LogP contribution is -2.53. The average molecular weight is 558 g/mol. The quantitative estimate of drug-likeness (QED) is 0.0699. The zero-order chi connectivity index (χ0) is 29.5. The monoisotopic (exact) mass is 557 g/mol. The van der Waals surface area contributed by atoms with Crippen LogP contribution in [0.3, 0.4) is 0 Å². The maximum atomic E-state index is 13.0. The summed E-state index contributed by atoms with van der Waals surface area (Å²) in [7, 11) is 0. The van der Waals surface area contributed by atoms with Crippen molar-refractivity contribution in [3.05, 3.63) is 0 Å². The van der Waals surface area contributed by atoms with Crippen LogP contribution in [-0.2, 0) is 24.0 Å². The van der Waals surface area contributed by atoms with E-state index in [9.17, 15) is 24.0 Å². The van der Waals surface area contributed by atoms with E-state index in [1.165, 1.54) is 0 Å². The summed E-state index contributed by atoms with van der Waals surface area (Å²) in [4.78, 5) is 61.8. The van der Waals surface area contributed by atoms with Crippen LogP contribution in [0.4, 0.5) is 0 Å². The first kappa shape index (κ1) is 36.4. The van der Waals surface area contributed by atoms with Gasteiger partial charge in [-0.3, -0.25) is 29.3 Å². The molecule has 0 aromatic heterocycles. The molecule has 0 saturated carbocycles. The molecule has 0 aromatic carbocycles. The molecule has 8 N–H and O–H groups in total. The lowest BCUT2D eigenvalue weighted by atomic mass is 10.1. The Bertz CT molecular complexity index is 738.